The lowest BCUT2D eigenvalue weighted by Gasteiger charge is -2.16. The summed E-state index contributed by atoms with van der Waals surface area (Å²) in [5.41, 5.74) is 0.412. The number of para-hydroxylation sites is 1. The summed E-state index contributed by atoms with van der Waals surface area (Å²) in [6, 6.07) is 12.4. The first-order valence-electron chi connectivity index (χ1n) is 6.32. The molecule has 2 aromatic carbocycles. The summed E-state index contributed by atoms with van der Waals surface area (Å²) in [6.45, 7) is 1.71. The second-order valence-electron chi connectivity index (χ2n) is 4.40. The Balaban J connectivity index is 2.19. The molecule has 0 spiro atoms. The molecule has 2 nitrogen and oxygen atoms in total. The van der Waals surface area contributed by atoms with Gasteiger partial charge in [0.25, 0.3) is 0 Å². The van der Waals surface area contributed by atoms with Crippen LogP contribution in [0.1, 0.15) is 17.3 Å². The van der Waals surface area contributed by atoms with Crippen molar-refractivity contribution in [1.82, 2.24) is 0 Å². The molecule has 0 aliphatic heterocycles. The number of ether oxygens (including phenoxy) is 1. The SMILES string of the molecule is CSc1ccccc1OC(C)C(=O)c1ccc(Cl)cc1Cl. The zero-order valence-electron chi connectivity index (χ0n) is 11.6. The van der Waals surface area contributed by atoms with E-state index in [0.29, 0.717) is 21.4 Å². The second-order valence-corrected chi connectivity index (χ2v) is 6.09. The highest BCUT2D eigenvalue weighted by Gasteiger charge is 2.20. The van der Waals surface area contributed by atoms with Gasteiger partial charge in [-0.3, -0.25) is 4.79 Å². The fourth-order valence-corrected chi connectivity index (χ4v) is 2.90. The molecule has 0 aliphatic carbocycles. The number of rotatable bonds is 5. The normalized spacial score (nSPS) is 12.0. The maximum atomic E-state index is 12.4. The highest BCUT2D eigenvalue weighted by molar-refractivity contribution is 7.98. The minimum absolute atomic E-state index is 0.174. The Morgan fingerprint density at radius 3 is 2.57 bits per heavy atom. The van der Waals surface area contributed by atoms with E-state index in [4.69, 9.17) is 27.9 Å². The lowest BCUT2D eigenvalue weighted by atomic mass is 10.1. The lowest BCUT2D eigenvalue weighted by Crippen LogP contribution is -2.24. The van der Waals surface area contributed by atoms with Crippen molar-refractivity contribution >= 4 is 40.7 Å². The van der Waals surface area contributed by atoms with E-state index in [-0.39, 0.29) is 5.78 Å². The molecule has 0 heterocycles. The predicted molar refractivity (Wildman–Crippen MR) is 89.1 cm³/mol. The van der Waals surface area contributed by atoms with Crippen molar-refractivity contribution in [2.45, 2.75) is 17.9 Å². The molecule has 0 N–H and O–H groups in total. The van der Waals surface area contributed by atoms with Crippen LogP contribution in [0.4, 0.5) is 0 Å². The maximum absolute atomic E-state index is 12.4. The standard InChI is InChI=1S/C16H14Cl2O2S/c1-10(20-14-5-3-4-6-15(14)21-2)16(19)12-8-7-11(17)9-13(12)18/h3-10H,1-2H3. The van der Waals surface area contributed by atoms with E-state index in [2.05, 4.69) is 0 Å². The number of carbonyl (C=O) groups excluding carboxylic acids is 1. The smallest absolute Gasteiger partial charge is 0.204 e. The van der Waals surface area contributed by atoms with Gasteiger partial charge in [0, 0.05) is 15.5 Å². The number of thioether (sulfide) groups is 1. The van der Waals surface area contributed by atoms with E-state index in [1.165, 1.54) is 0 Å². The van der Waals surface area contributed by atoms with Gasteiger partial charge in [0.2, 0.25) is 5.78 Å². The van der Waals surface area contributed by atoms with Crippen molar-refractivity contribution in [2.24, 2.45) is 0 Å². The third kappa shape index (κ3) is 3.94. The van der Waals surface area contributed by atoms with Gasteiger partial charge in [0.1, 0.15) is 5.75 Å². The number of hydrogen-bond donors (Lipinski definition) is 0. The Morgan fingerprint density at radius 1 is 1.19 bits per heavy atom. The lowest BCUT2D eigenvalue weighted by molar-refractivity contribution is 0.0814. The van der Waals surface area contributed by atoms with Crippen molar-refractivity contribution in [1.29, 1.82) is 0 Å². The van der Waals surface area contributed by atoms with Crippen molar-refractivity contribution in [3.63, 3.8) is 0 Å². The molecule has 0 radical (unpaired) electrons. The maximum Gasteiger partial charge on any atom is 0.204 e. The van der Waals surface area contributed by atoms with Gasteiger partial charge in [-0.25, -0.2) is 0 Å². The van der Waals surface area contributed by atoms with Gasteiger partial charge in [-0.2, -0.15) is 0 Å². The molecule has 0 fully saturated rings. The molecular formula is C16H14Cl2O2S. The molecule has 0 amide bonds. The minimum Gasteiger partial charge on any atom is -0.481 e. The van der Waals surface area contributed by atoms with Crippen LogP contribution in [0.15, 0.2) is 47.4 Å². The van der Waals surface area contributed by atoms with E-state index in [0.717, 1.165) is 4.90 Å². The number of benzene rings is 2. The van der Waals surface area contributed by atoms with Crippen LogP contribution in [-0.2, 0) is 0 Å². The summed E-state index contributed by atoms with van der Waals surface area (Å²) < 4.78 is 5.78. The van der Waals surface area contributed by atoms with Gasteiger partial charge in [0.15, 0.2) is 6.10 Å². The fraction of sp³-hybridized carbons (Fsp3) is 0.188. The third-order valence-corrected chi connectivity index (χ3v) is 4.26. The Hall–Kier alpha value is -1.16. The highest BCUT2D eigenvalue weighted by atomic mass is 35.5. The zero-order chi connectivity index (χ0) is 15.4. The average Bonchev–Trinajstić information content (AvgIpc) is 2.47. The first-order valence-corrected chi connectivity index (χ1v) is 8.30. The topological polar surface area (TPSA) is 26.3 Å². The molecule has 110 valence electrons. The molecular weight excluding hydrogens is 327 g/mol. The molecule has 2 rings (SSSR count). The Kier molecular flexibility index (Phi) is 5.57. The van der Waals surface area contributed by atoms with Crippen LogP contribution in [0.5, 0.6) is 5.75 Å². The molecule has 0 aliphatic rings. The second kappa shape index (κ2) is 7.21. The first kappa shape index (κ1) is 16.2. The Morgan fingerprint density at radius 2 is 1.90 bits per heavy atom. The van der Waals surface area contributed by atoms with Crippen molar-refractivity contribution in [2.75, 3.05) is 6.26 Å². The van der Waals surface area contributed by atoms with E-state index < -0.39 is 6.10 Å². The largest absolute Gasteiger partial charge is 0.481 e. The molecule has 0 saturated carbocycles. The molecule has 1 unspecified atom stereocenters. The van der Waals surface area contributed by atoms with Gasteiger partial charge in [-0.05, 0) is 43.5 Å². The molecule has 0 aromatic heterocycles. The Labute approximate surface area is 138 Å². The van der Waals surface area contributed by atoms with Crippen LogP contribution in [0.3, 0.4) is 0 Å². The van der Waals surface area contributed by atoms with Crippen molar-refractivity contribution in [3.8, 4) is 5.75 Å². The average molecular weight is 341 g/mol. The van der Waals surface area contributed by atoms with Crippen LogP contribution >= 0.6 is 35.0 Å². The van der Waals surface area contributed by atoms with Crippen LogP contribution < -0.4 is 4.74 Å². The van der Waals surface area contributed by atoms with Crippen LogP contribution in [0.25, 0.3) is 0 Å². The quantitative estimate of drug-likeness (QED) is 0.540. The fourth-order valence-electron chi connectivity index (χ4n) is 1.87. The molecule has 0 saturated heterocycles. The number of carbonyl (C=O) groups is 1. The third-order valence-electron chi connectivity index (χ3n) is 2.94. The number of Topliss-reactive ketones (excluding diaryl/α,β-unsaturated/α-hetero) is 1. The zero-order valence-corrected chi connectivity index (χ0v) is 13.9. The van der Waals surface area contributed by atoms with Gasteiger partial charge < -0.3 is 4.74 Å². The first-order chi connectivity index (χ1) is 10.0. The van der Waals surface area contributed by atoms with Crippen LogP contribution in [-0.4, -0.2) is 18.1 Å². The van der Waals surface area contributed by atoms with Gasteiger partial charge >= 0.3 is 0 Å². The summed E-state index contributed by atoms with van der Waals surface area (Å²) in [7, 11) is 0. The van der Waals surface area contributed by atoms with Crippen LogP contribution in [0, 0.1) is 0 Å². The molecule has 2 aromatic rings. The van der Waals surface area contributed by atoms with E-state index in [1.54, 1.807) is 36.9 Å². The van der Waals surface area contributed by atoms with Gasteiger partial charge in [-0.1, -0.05) is 35.3 Å². The number of hydrogen-bond acceptors (Lipinski definition) is 3. The predicted octanol–water partition coefficient (Wildman–Crippen LogP) is 5.37. The molecule has 0 bridgehead atoms. The summed E-state index contributed by atoms with van der Waals surface area (Å²) in [4.78, 5) is 13.4. The van der Waals surface area contributed by atoms with E-state index in [1.807, 2.05) is 30.5 Å². The number of ketones is 1. The Bertz CT molecular complexity index is 658. The van der Waals surface area contributed by atoms with E-state index in [9.17, 15) is 4.79 Å². The van der Waals surface area contributed by atoms with Gasteiger partial charge in [0.05, 0.1) is 5.02 Å². The summed E-state index contributed by atoms with van der Waals surface area (Å²) in [5.74, 6) is 0.517. The summed E-state index contributed by atoms with van der Waals surface area (Å²) >= 11 is 13.5. The van der Waals surface area contributed by atoms with Crippen LogP contribution in [0.2, 0.25) is 10.0 Å². The van der Waals surface area contributed by atoms with Crippen molar-refractivity contribution < 1.29 is 9.53 Å². The van der Waals surface area contributed by atoms with Crippen molar-refractivity contribution in [3.05, 3.63) is 58.1 Å². The molecule has 1 atom stereocenters. The molecule has 21 heavy (non-hydrogen) atoms. The van der Waals surface area contributed by atoms with Gasteiger partial charge in [-0.15, -0.1) is 11.8 Å². The summed E-state index contributed by atoms with van der Waals surface area (Å²) in [5, 5.41) is 0.832. The minimum atomic E-state index is -0.628. The summed E-state index contributed by atoms with van der Waals surface area (Å²) in [6.07, 6.45) is 1.34. The van der Waals surface area contributed by atoms with E-state index >= 15 is 0 Å². The number of halogens is 2. The highest BCUT2D eigenvalue weighted by Crippen LogP contribution is 2.29. The monoisotopic (exact) mass is 340 g/mol. The molecule has 5 heteroatoms.